The molecule has 1 aliphatic heterocycles. The lowest BCUT2D eigenvalue weighted by molar-refractivity contribution is 0.346. The van der Waals surface area contributed by atoms with Gasteiger partial charge in [-0.25, -0.2) is 8.42 Å². The van der Waals surface area contributed by atoms with Gasteiger partial charge in [-0.2, -0.15) is 4.31 Å². The predicted octanol–water partition coefficient (Wildman–Crippen LogP) is 2.15. The summed E-state index contributed by atoms with van der Waals surface area (Å²) in [5.74, 6) is 0.629. The van der Waals surface area contributed by atoms with E-state index in [0.717, 1.165) is 24.8 Å². The summed E-state index contributed by atoms with van der Waals surface area (Å²) in [4.78, 5) is 0.312. The molecule has 0 bridgehead atoms. The second-order valence-corrected chi connectivity index (χ2v) is 8.11. The first kappa shape index (κ1) is 16.0. The minimum Gasteiger partial charge on any atom is -0.396 e. The van der Waals surface area contributed by atoms with Gasteiger partial charge in [0.15, 0.2) is 11.5 Å². The first-order valence-electron chi connectivity index (χ1n) is 8.27. The average Bonchev–Trinajstić information content (AvgIpc) is 3.08. The minimum atomic E-state index is -3.43. The molecular formula is C17H19N5O2S. The highest BCUT2D eigenvalue weighted by Crippen LogP contribution is 2.25. The van der Waals surface area contributed by atoms with Crippen molar-refractivity contribution in [3.63, 3.8) is 0 Å². The van der Waals surface area contributed by atoms with Crippen LogP contribution in [-0.4, -0.2) is 40.4 Å². The molecule has 0 amide bonds. The number of benzene rings is 1. The van der Waals surface area contributed by atoms with Crippen LogP contribution in [0.15, 0.2) is 47.5 Å². The van der Waals surface area contributed by atoms with E-state index in [1.165, 1.54) is 0 Å². The summed E-state index contributed by atoms with van der Waals surface area (Å²) >= 11 is 0. The van der Waals surface area contributed by atoms with E-state index in [1.807, 2.05) is 12.3 Å². The van der Waals surface area contributed by atoms with Crippen molar-refractivity contribution in [1.29, 1.82) is 0 Å². The molecule has 0 radical (unpaired) electrons. The highest BCUT2D eigenvalue weighted by atomic mass is 32.2. The number of nitrogen functional groups attached to an aromatic ring is 1. The summed E-state index contributed by atoms with van der Waals surface area (Å²) < 4.78 is 28.8. The summed E-state index contributed by atoms with van der Waals surface area (Å²) in [6.07, 6.45) is 4.77. The van der Waals surface area contributed by atoms with Crippen LogP contribution in [0.5, 0.6) is 0 Å². The first-order chi connectivity index (χ1) is 12.1. The molecule has 3 heterocycles. The number of nitrogens with zero attached hydrogens (tertiary/aromatic N) is 4. The van der Waals surface area contributed by atoms with Crippen LogP contribution in [0.25, 0.3) is 17.0 Å². The molecule has 0 atom stereocenters. The van der Waals surface area contributed by atoms with Crippen LogP contribution in [0.3, 0.4) is 0 Å². The molecule has 0 saturated carbocycles. The van der Waals surface area contributed by atoms with Crippen molar-refractivity contribution >= 4 is 21.4 Å². The highest BCUT2D eigenvalue weighted by molar-refractivity contribution is 7.89. The van der Waals surface area contributed by atoms with Gasteiger partial charge in [-0.15, -0.1) is 10.2 Å². The van der Waals surface area contributed by atoms with Crippen LogP contribution < -0.4 is 5.73 Å². The molecule has 2 N–H and O–H groups in total. The molecule has 0 spiro atoms. The number of hydrogen-bond donors (Lipinski definition) is 1. The number of nitrogens with two attached hydrogens (primary N) is 1. The van der Waals surface area contributed by atoms with Gasteiger partial charge in [0.2, 0.25) is 10.0 Å². The van der Waals surface area contributed by atoms with Gasteiger partial charge in [-0.1, -0.05) is 6.42 Å². The number of aromatic nitrogens is 3. The largest absolute Gasteiger partial charge is 0.396 e. The van der Waals surface area contributed by atoms with Crippen molar-refractivity contribution in [1.82, 2.24) is 18.9 Å². The van der Waals surface area contributed by atoms with Crippen LogP contribution in [-0.2, 0) is 10.0 Å². The van der Waals surface area contributed by atoms with E-state index < -0.39 is 10.0 Å². The zero-order chi connectivity index (χ0) is 17.4. The van der Waals surface area contributed by atoms with Gasteiger partial charge >= 0.3 is 0 Å². The molecule has 1 aromatic carbocycles. The number of pyridine rings is 1. The van der Waals surface area contributed by atoms with Crippen LogP contribution in [0.1, 0.15) is 19.3 Å². The fraction of sp³-hybridized carbons (Fsp3) is 0.294. The Morgan fingerprint density at radius 3 is 2.40 bits per heavy atom. The van der Waals surface area contributed by atoms with Crippen molar-refractivity contribution < 1.29 is 8.42 Å². The van der Waals surface area contributed by atoms with Crippen LogP contribution >= 0.6 is 0 Å². The Morgan fingerprint density at radius 1 is 0.960 bits per heavy atom. The van der Waals surface area contributed by atoms with Crippen LogP contribution in [0, 0.1) is 0 Å². The molecule has 2 aromatic heterocycles. The Kier molecular flexibility index (Phi) is 3.93. The topological polar surface area (TPSA) is 93.6 Å². The quantitative estimate of drug-likeness (QED) is 0.775. The molecule has 130 valence electrons. The van der Waals surface area contributed by atoms with E-state index in [4.69, 9.17) is 5.73 Å². The fourth-order valence-electron chi connectivity index (χ4n) is 3.16. The Morgan fingerprint density at radius 2 is 1.68 bits per heavy atom. The normalized spacial score (nSPS) is 16.3. The van der Waals surface area contributed by atoms with E-state index in [-0.39, 0.29) is 0 Å². The maximum Gasteiger partial charge on any atom is 0.243 e. The second-order valence-electron chi connectivity index (χ2n) is 6.17. The van der Waals surface area contributed by atoms with Crippen molar-refractivity contribution in [2.24, 2.45) is 0 Å². The zero-order valence-corrected chi connectivity index (χ0v) is 14.5. The van der Waals surface area contributed by atoms with Crippen LogP contribution in [0.2, 0.25) is 0 Å². The molecule has 1 fully saturated rings. The molecule has 0 aliphatic carbocycles. The molecule has 1 aliphatic rings. The van der Waals surface area contributed by atoms with Gasteiger partial charge in [-0.3, -0.25) is 4.40 Å². The third kappa shape index (κ3) is 2.77. The summed E-state index contributed by atoms with van der Waals surface area (Å²) in [7, 11) is -3.43. The Labute approximate surface area is 146 Å². The van der Waals surface area contributed by atoms with E-state index in [0.29, 0.717) is 35.1 Å². The highest BCUT2D eigenvalue weighted by Gasteiger charge is 2.25. The van der Waals surface area contributed by atoms with E-state index >= 15 is 0 Å². The van der Waals surface area contributed by atoms with Crippen molar-refractivity contribution in [3.8, 4) is 11.4 Å². The third-order valence-corrected chi connectivity index (χ3v) is 6.44. The number of piperidine rings is 1. The number of rotatable bonds is 3. The molecule has 3 aromatic rings. The SMILES string of the molecule is Nc1cccn2c(-c3ccc(S(=O)(=O)N4CCCCC4)cc3)nnc12. The number of sulfonamides is 1. The lowest BCUT2D eigenvalue weighted by Crippen LogP contribution is -2.35. The Balaban J connectivity index is 1.69. The average molecular weight is 357 g/mol. The number of hydrogen-bond acceptors (Lipinski definition) is 5. The molecule has 25 heavy (non-hydrogen) atoms. The van der Waals surface area contributed by atoms with Crippen molar-refractivity contribution in [3.05, 3.63) is 42.6 Å². The standard InChI is InChI=1S/C17H19N5O2S/c18-15-5-4-12-22-16(19-20-17(15)22)13-6-8-14(9-7-13)25(23,24)21-10-2-1-3-11-21/h4-9,12H,1-3,10-11,18H2. The molecule has 4 rings (SSSR count). The van der Waals surface area contributed by atoms with Gasteiger partial charge in [0.1, 0.15) is 0 Å². The van der Waals surface area contributed by atoms with Crippen molar-refractivity contribution in [2.75, 3.05) is 18.8 Å². The molecule has 8 heteroatoms. The van der Waals surface area contributed by atoms with Gasteiger partial charge in [0, 0.05) is 24.8 Å². The molecule has 1 saturated heterocycles. The molecule has 7 nitrogen and oxygen atoms in total. The first-order valence-corrected chi connectivity index (χ1v) is 9.71. The zero-order valence-electron chi connectivity index (χ0n) is 13.7. The minimum absolute atomic E-state index is 0.312. The number of fused-ring (bicyclic) bond motifs is 1. The maximum absolute atomic E-state index is 12.7. The maximum atomic E-state index is 12.7. The summed E-state index contributed by atoms with van der Waals surface area (Å²) in [5.41, 5.74) is 7.82. The van der Waals surface area contributed by atoms with Gasteiger partial charge < -0.3 is 5.73 Å². The second kappa shape index (κ2) is 6.12. The molecule has 0 unspecified atom stereocenters. The van der Waals surface area contributed by atoms with Crippen molar-refractivity contribution in [2.45, 2.75) is 24.2 Å². The summed E-state index contributed by atoms with van der Waals surface area (Å²) in [6.45, 7) is 1.19. The number of anilines is 1. The van der Waals surface area contributed by atoms with Crippen LogP contribution in [0.4, 0.5) is 5.69 Å². The lowest BCUT2D eigenvalue weighted by Gasteiger charge is -2.25. The van der Waals surface area contributed by atoms with Gasteiger partial charge in [0.05, 0.1) is 10.6 Å². The third-order valence-electron chi connectivity index (χ3n) is 4.53. The smallest absolute Gasteiger partial charge is 0.243 e. The summed E-state index contributed by atoms with van der Waals surface area (Å²) in [5, 5.41) is 8.28. The van der Waals surface area contributed by atoms with Gasteiger partial charge in [0.25, 0.3) is 0 Å². The van der Waals surface area contributed by atoms with E-state index in [2.05, 4.69) is 10.2 Å². The Hall–Kier alpha value is -2.45. The monoisotopic (exact) mass is 357 g/mol. The fourth-order valence-corrected chi connectivity index (χ4v) is 4.68. The van der Waals surface area contributed by atoms with Gasteiger partial charge in [-0.05, 0) is 49.2 Å². The predicted molar refractivity (Wildman–Crippen MR) is 95.4 cm³/mol. The molecular weight excluding hydrogens is 338 g/mol. The lowest BCUT2D eigenvalue weighted by atomic mass is 10.2. The van der Waals surface area contributed by atoms with E-state index in [1.54, 1.807) is 39.0 Å². The Bertz CT molecular complexity index is 1010. The van der Waals surface area contributed by atoms with E-state index in [9.17, 15) is 8.42 Å². The summed E-state index contributed by atoms with van der Waals surface area (Å²) in [6, 6.07) is 10.4.